The first-order chi connectivity index (χ1) is 9.04. The molecule has 0 rings (SSSR count). The third-order valence-electron chi connectivity index (χ3n) is 2.42. The topological polar surface area (TPSA) is 95.9 Å². The van der Waals surface area contributed by atoms with Gasteiger partial charge in [-0.2, -0.15) is 0 Å². The second kappa shape index (κ2) is 18.0. The highest BCUT2D eigenvalue weighted by Gasteiger charge is 2.31. The van der Waals surface area contributed by atoms with E-state index in [9.17, 15) is 9.13 Å². The molecule has 0 amide bonds. The number of nitrogens with one attached hydrogen (secondary N) is 1. The molecule has 0 aliphatic rings. The van der Waals surface area contributed by atoms with Gasteiger partial charge in [0.15, 0.2) is 4.31 Å². The van der Waals surface area contributed by atoms with Gasteiger partial charge in [0.2, 0.25) is 0 Å². The maximum atomic E-state index is 9.39. The fourth-order valence-corrected chi connectivity index (χ4v) is 1.97. The molecule has 3 N–H and O–H groups in total. The Morgan fingerprint density at radius 2 is 1.32 bits per heavy atom. The SMILES string of the molecule is CCCCCCCCCCNC.O=[P+](O)O[P+](=O)O. The summed E-state index contributed by atoms with van der Waals surface area (Å²) < 4.78 is 22.2. The summed E-state index contributed by atoms with van der Waals surface area (Å²) in [6.07, 6.45) is 11.3. The van der Waals surface area contributed by atoms with Gasteiger partial charge in [0, 0.05) is 9.13 Å². The number of rotatable bonds is 11. The van der Waals surface area contributed by atoms with Crippen molar-refractivity contribution in [3.05, 3.63) is 0 Å². The highest BCUT2D eigenvalue weighted by Crippen LogP contribution is 2.30. The zero-order valence-electron chi connectivity index (χ0n) is 11.9. The number of hydrogen-bond donors (Lipinski definition) is 3. The Morgan fingerprint density at radius 1 is 0.895 bits per heavy atom. The molecule has 6 nitrogen and oxygen atoms in total. The minimum Gasteiger partial charge on any atom is -0.320 e. The molecule has 0 aromatic rings. The van der Waals surface area contributed by atoms with Crippen LogP contribution >= 0.6 is 16.5 Å². The smallest absolute Gasteiger partial charge is 0.320 e. The third kappa shape index (κ3) is 27.3. The molecule has 0 aliphatic heterocycles. The van der Waals surface area contributed by atoms with Gasteiger partial charge < -0.3 is 5.32 Å². The van der Waals surface area contributed by atoms with Crippen LogP contribution in [0.3, 0.4) is 0 Å². The van der Waals surface area contributed by atoms with Crippen LogP contribution in [0.1, 0.15) is 58.3 Å². The molecule has 0 heterocycles. The van der Waals surface area contributed by atoms with Crippen LogP contribution < -0.4 is 5.32 Å². The minimum absolute atomic E-state index is 1.19. The average Bonchev–Trinajstić information content (AvgIpc) is 2.32. The average molecular weight is 315 g/mol. The maximum Gasteiger partial charge on any atom is 0.745 e. The van der Waals surface area contributed by atoms with Crippen molar-refractivity contribution in [2.24, 2.45) is 0 Å². The fraction of sp³-hybridized carbons (Fsp3) is 1.00. The highest BCUT2D eigenvalue weighted by atomic mass is 31.2. The van der Waals surface area contributed by atoms with E-state index in [4.69, 9.17) is 9.79 Å². The molecule has 0 radical (unpaired) electrons. The van der Waals surface area contributed by atoms with E-state index in [-0.39, 0.29) is 0 Å². The van der Waals surface area contributed by atoms with Crippen molar-refractivity contribution in [3.63, 3.8) is 0 Å². The molecule has 0 saturated heterocycles. The molecule has 2 unspecified atom stereocenters. The molecule has 0 aliphatic carbocycles. The molecular formula is C11H27NO5P2+2. The van der Waals surface area contributed by atoms with Crippen LogP contribution in [0.4, 0.5) is 0 Å². The van der Waals surface area contributed by atoms with Gasteiger partial charge in [-0.05, 0) is 20.0 Å². The first kappa shape index (κ1) is 21.3. The summed E-state index contributed by atoms with van der Waals surface area (Å²) in [5.74, 6) is 0. The van der Waals surface area contributed by atoms with Crippen LogP contribution in [0.5, 0.6) is 0 Å². The largest absolute Gasteiger partial charge is 0.745 e. The van der Waals surface area contributed by atoms with E-state index in [1.54, 1.807) is 0 Å². The Hall–Kier alpha value is 0.0400. The summed E-state index contributed by atoms with van der Waals surface area (Å²) >= 11 is 0. The van der Waals surface area contributed by atoms with Gasteiger partial charge in [0.1, 0.15) is 0 Å². The molecule has 0 aromatic heterocycles. The predicted octanol–water partition coefficient (Wildman–Crippen LogP) is 3.65. The maximum absolute atomic E-state index is 9.39. The van der Waals surface area contributed by atoms with Gasteiger partial charge in [0.05, 0.1) is 0 Å². The summed E-state index contributed by atoms with van der Waals surface area (Å²) in [6.45, 7) is 3.46. The standard InChI is InChI=1S/C11H25N.O5P2/c1-3-4-5-6-7-8-9-10-11-12-2;1-6(2)5-7(3)4/h12H,3-11H2,1-2H3;/p+2. The Kier molecular flexibility index (Phi) is 20.3. The third-order valence-corrected chi connectivity index (χ3v) is 3.54. The van der Waals surface area contributed by atoms with Gasteiger partial charge in [-0.15, -0.1) is 9.79 Å². The van der Waals surface area contributed by atoms with E-state index >= 15 is 0 Å². The Bertz CT molecular complexity index is 207. The molecule has 0 saturated carbocycles. The number of hydrogen-bond acceptors (Lipinski definition) is 4. The van der Waals surface area contributed by atoms with E-state index < -0.39 is 16.5 Å². The normalized spacial score (nSPS) is 11.6. The lowest BCUT2D eigenvalue weighted by Gasteiger charge is -2.00. The van der Waals surface area contributed by atoms with Gasteiger partial charge >= 0.3 is 16.5 Å². The van der Waals surface area contributed by atoms with Crippen molar-refractivity contribution in [1.29, 1.82) is 0 Å². The fourth-order valence-electron chi connectivity index (χ4n) is 1.50. The summed E-state index contributed by atoms with van der Waals surface area (Å²) in [7, 11) is -3.82. The Morgan fingerprint density at radius 3 is 1.63 bits per heavy atom. The van der Waals surface area contributed by atoms with Crippen LogP contribution in [-0.4, -0.2) is 23.4 Å². The van der Waals surface area contributed by atoms with Crippen molar-refractivity contribution < 1.29 is 23.2 Å². The van der Waals surface area contributed by atoms with Crippen LogP contribution in [0, 0.1) is 0 Å². The van der Waals surface area contributed by atoms with Crippen LogP contribution in [0.15, 0.2) is 0 Å². The van der Waals surface area contributed by atoms with E-state index in [1.807, 2.05) is 7.05 Å². The van der Waals surface area contributed by atoms with Crippen molar-refractivity contribution >= 4 is 16.5 Å². The zero-order chi connectivity index (χ0) is 14.9. The van der Waals surface area contributed by atoms with Crippen molar-refractivity contribution in [2.75, 3.05) is 13.6 Å². The first-order valence-electron chi connectivity index (χ1n) is 6.69. The molecule has 0 fully saturated rings. The van der Waals surface area contributed by atoms with E-state index in [0.29, 0.717) is 0 Å². The first-order valence-corrected chi connectivity index (χ1v) is 8.95. The number of unbranched alkanes of at least 4 members (excludes halogenated alkanes) is 7. The lowest BCUT2D eigenvalue weighted by molar-refractivity contribution is 0.371. The molecule has 114 valence electrons. The second-order valence-electron chi connectivity index (χ2n) is 4.14. The molecule has 0 bridgehead atoms. The van der Waals surface area contributed by atoms with Gasteiger partial charge in [-0.3, -0.25) is 0 Å². The zero-order valence-corrected chi connectivity index (χ0v) is 13.7. The lowest BCUT2D eigenvalue weighted by Crippen LogP contribution is -2.06. The second-order valence-corrected chi connectivity index (χ2v) is 5.74. The summed E-state index contributed by atoms with van der Waals surface area (Å²) in [5, 5.41) is 3.18. The minimum atomic E-state index is -2.92. The monoisotopic (exact) mass is 315 g/mol. The van der Waals surface area contributed by atoms with Crippen LogP contribution in [0.25, 0.3) is 0 Å². The molecule has 2 atom stereocenters. The van der Waals surface area contributed by atoms with Gasteiger partial charge in [0.25, 0.3) is 0 Å². The molecular weight excluding hydrogens is 288 g/mol. The van der Waals surface area contributed by atoms with E-state index in [1.165, 1.54) is 57.9 Å². The van der Waals surface area contributed by atoms with Crippen molar-refractivity contribution in [2.45, 2.75) is 58.3 Å². The van der Waals surface area contributed by atoms with Crippen LogP contribution in [0.2, 0.25) is 0 Å². The molecule has 19 heavy (non-hydrogen) atoms. The Labute approximate surface area is 117 Å². The molecule has 0 aromatic carbocycles. The van der Waals surface area contributed by atoms with Gasteiger partial charge in [-0.1, -0.05) is 51.9 Å². The van der Waals surface area contributed by atoms with Crippen LogP contribution in [-0.2, 0) is 13.4 Å². The Balaban J connectivity index is 0. The summed E-state index contributed by atoms with van der Waals surface area (Å²) in [5.41, 5.74) is 0. The van der Waals surface area contributed by atoms with E-state index in [0.717, 1.165) is 0 Å². The predicted molar refractivity (Wildman–Crippen MR) is 77.3 cm³/mol. The summed E-state index contributed by atoms with van der Waals surface area (Å²) in [4.78, 5) is 15.3. The lowest BCUT2D eigenvalue weighted by atomic mass is 10.1. The highest BCUT2D eigenvalue weighted by molar-refractivity contribution is 7.46. The summed E-state index contributed by atoms with van der Waals surface area (Å²) in [6, 6.07) is 0. The van der Waals surface area contributed by atoms with E-state index in [2.05, 4.69) is 16.6 Å². The molecule has 0 spiro atoms. The molecule has 8 heteroatoms. The van der Waals surface area contributed by atoms with Crippen molar-refractivity contribution in [3.8, 4) is 0 Å². The van der Waals surface area contributed by atoms with Gasteiger partial charge in [-0.25, -0.2) is 0 Å². The van der Waals surface area contributed by atoms with Crippen molar-refractivity contribution in [1.82, 2.24) is 5.32 Å². The quantitative estimate of drug-likeness (QED) is 0.398.